The molecule has 1 N–H and O–H groups in total. The standard InChI is InChI=1S/C2HCl3O.C2H4O2/c3-2(4,5)1-6;1-2(3)4/h1H;1H3,(H,3,4). The van der Waals surface area contributed by atoms with Gasteiger partial charge >= 0.3 is 0 Å². The molecule has 3 nitrogen and oxygen atoms in total. The lowest BCUT2D eigenvalue weighted by molar-refractivity contribution is -0.134. The predicted molar refractivity (Wildman–Crippen MR) is 39.7 cm³/mol. The second-order valence-electron chi connectivity index (χ2n) is 1.18. The van der Waals surface area contributed by atoms with Crippen molar-refractivity contribution in [2.45, 2.75) is 10.7 Å². The van der Waals surface area contributed by atoms with Crippen molar-refractivity contribution in [1.82, 2.24) is 0 Å². The summed E-state index contributed by atoms with van der Waals surface area (Å²) in [7, 11) is 0. The van der Waals surface area contributed by atoms with Crippen LogP contribution in [0.25, 0.3) is 0 Å². The third-order valence-electron chi connectivity index (χ3n) is 0.134. The number of halogens is 3. The van der Waals surface area contributed by atoms with Gasteiger partial charge in [0.05, 0.1) is 0 Å². The van der Waals surface area contributed by atoms with Crippen LogP contribution in [0.1, 0.15) is 6.92 Å². The molecule has 0 aromatic carbocycles. The molecular weight excluding hydrogens is 202 g/mol. The summed E-state index contributed by atoms with van der Waals surface area (Å²) >= 11 is 14.6. The van der Waals surface area contributed by atoms with Crippen LogP contribution in [0.15, 0.2) is 0 Å². The van der Waals surface area contributed by atoms with Crippen LogP contribution in [0.4, 0.5) is 0 Å². The van der Waals surface area contributed by atoms with Crippen LogP contribution in [0.5, 0.6) is 0 Å². The summed E-state index contributed by atoms with van der Waals surface area (Å²) in [6.07, 6.45) is 0.234. The summed E-state index contributed by atoms with van der Waals surface area (Å²) < 4.78 is -1.72. The van der Waals surface area contributed by atoms with Crippen molar-refractivity contribution in [1.29, 1.82) is 0 Å². The van der Waals surface area contributed by atoms with Crippen molar-refractivity contribution in [2.75, 3.05) is 0 Å². The third-order valence-corrected chi connectivity index (χ3v) is 0.401. The first-order valence-electron chi connectivity index (χ1n) is 2.02. The molecule has 0 saturated heterocycles. The lowest BCUT2D eigenvalue weighted by Gasteiger charge is -1.93. The average molecular weight is 207 g/mol. The summed E-state index contributed by atoms with van der Waals surface area (Å²) in [5.41, 5.74) is 0. The van der Waals surface area contributed by atoms with Crippen LogP contribution in [0, 0.1) is 0 Å². The summed E-state index contributed by atoms with van der Waals surface area (Å²) in [6, 6.07) is 0. The van der Waals surface area contributed by atoms with E-state index < -0.39 is 9.76 Å². The maximum Gasteiger partial charge on any atom is 0.300 e. The smallest absolute Gasteiger partial charge is 0.300 e. The van der Waals surface area contributed by atoms with Crippen molar-refractivity contribution in [3.8, 4) is 0 Å². The van der Waals surface area contributed by atoms with Crippen LogP contribution in [0.2, 0.25) is 0 Å². The summed E-state index contributed by atoms with van der Waals surface area (Å²) in [5, 5.41) is 7.42. The Morgan fingerprint density at radius 2 is 1.60 bits per heavy atom. The number of carboxylic acid groups (broad SMARTS) is 1. The first kappa shape index (κ1) is 12.7. The Labute approximate surface area is 72.9 Å². The molecule has 0 bridgehead atoms. The Kier molecular flexibility index (Phi) is 7.31. The number of carboxylic acids is 1. The number of aldehydes is 1. The van der Waals surface area contributed by atoms with Gasteiger partial charge in [-0.05, 0) is 0 Å². The van der Waals surface area contributed by atoms with Gasteiger partial charge in [-0.15, -0.1) is 0 Å². The molecule has 0 atom stereocenters. The zero-order valence-corrected chi connectivity index (χ0v) is 7.24. The van der Waals surface area contributed by atoms with Crippen LogP contribution in [-0.4, -0.2) is 21.2 Å². The number of alkyl halides is 3. The van der Waals surface area contributed by atoms with E-state index in [4.69, 9.17) is 44.7 Å². The average Bonchev–Trinajstić information content (AvgIpc) is 1.63. The first-order valence-corrected chi connectivity index (χ1v) is 3.15. The van der Waals surface area contributed by atoms with Gasteiger partial charge in [-0.3, -0.25) is 9.59 Å². The highest BCUT2D eigenvalue weighted by Crippen LogP contribution is 2.21. The fourth-order valence-corrected chi connectivity index (χ4v) is 0. The minimum Gasteiger partial charge on any atom is -0.481 e. The molecule has 0 aliphatic rings. The molecule has 6 heteroatoms. The first-order chi connectivity index (χ1) is 4.29. The number of rotatable bonds is 0. The molecular formula is C4H5Cl3O3. The Balaban J connectivity index is 0. The second kappa shape index (κ2) is 5.77. The van der Waals surface area contributed by atoms with E-state index in [1.807, 2.05) is 0 Å². The molecule has 60 valence electrons. The maximum absolute atomic E-state index is 9.43. The number of hydrogen-bond donors (Lipinski definition) is 1. The van der Waals surface area contributed by atoms with Crippen molar-refractivity contribution in [2.24, 2.45) is 0 Å². The molecule has 0 amide bonds. The van der Waals surface area contributed by atoms with Gasteiger partial charge in [0.25, 0.3) is 5.97 Å². The van der Waals surface area contributed by atoms with Gasteiger partial charge in [-0.2, -0.15) is 0 Å². The van der Waals surface area contributed by atoms with E-state index >= 15 is 0 Å². The number of carbonyl (C=O) groups excluding carboxylic acids is 1. The van der Waals surface area contributed by atoms with E-state index in [2.05, 4.69) is 0 Å². The Hall–Kier alpha value is 0.01000. The van der Waals surface area contributed by atoms with Crippen molar-refractivity contribution in [3.63, 3.8) is 0 Å². The highest BCUT2D eigenvalue weighted by molar-refractivity contribution is 6.74. The predicted octanol–water partition coefficient (Wildman–Crippen LogP) is 1.65. The molecule has 0 aromatic rings. The molecule has 0 rings (SSSR count). The van der Waals surface area contributed by atoms with Crippen LogP contribution in [0.3, 0.4) is 0 Å². The Morgan fingerprint density at radius 3 is 1.60 bits per heavy atom. The molecule has 0 aliphatic carbocycles. The fourth-order valence-electron chi connectivity index (χ4n) is 0. The fraction of sp³-hybridized carbons (Fsp3) is 0.500. The van der Waals surface area contributed by atoms with E-state index in [-0.39, 0.29) is 6.29 Å². The van der Waals surface area contributed by atoms with Crippen LogP contribution < -0.4 is 0 Å². The summed E-state index contributed by atoms with van der Waals surface area (Å²) in [6.45, 7) is 1.08. The monoisotopic (exact) mass is 206 g/mol. The summed E-state index contributed by atoms with van der Waals surface area (Å²) in [4.78, 5) is 18.4. The lowest BCUT2D eigenvalue weighted by Crippen LogP contribution is -2.00. The maximum atomic E-state index is 9.43. The van der Waals surface area contributed by atoms with Gasteiger partial charge < -0.3 is 5.11 Å². The van der Waals surface area contributed by atoms with Gasteiger partial charge in [0.2, 0.25) is 3.79 Å². The topological polar surface area (TPSA) is 54.4 Å². The van der Waals surface area contributed by atoms with Gasteiger partial charge in [0.1, 0.15) is 0 Å². The molecule has 0 saturated carbocycles. The van der Waals surface area contributed by atoms with Crippen molar-refractivity contribution < 1.29 is 14.7 Å². The van der Waals surface area contributed by atoms with Crippen LogP contribution in [-0.2, 0) is 9.59 Å². The molecule has 0 radical (unpaired) electrons. The minimum atomic E-state index is -1.72. The largest absolute Gasteiger partial charge is 0.481 e. The zero-order valence-electron chi connectivity index (χ0n) is 4.97. The molecule has 0 spiro atoms. The normalized spacial score (nSPS) is 9.20. The Morgan fingerprint density at radius 1 is 1.50 bits per heavy atom. The van der Waals surface area contributed by atoms with Gasteiger partial charge in [0, 0.05) is 6.92 Å². The number of hydrogen-bond acceptors (Lipinski definition) is 2. The molecule has 0 aliphatic heterocycles. The number of aliphatic carboxylic acids is 1. The molecule has 0 aromatic heterocycles. The molecule has 0 heterocycles. The van der Waals surface area contributed by atoms with Gasteiger partial charge in [-0.25, -0.2) is 0 Å². The van der Waals surface area contributed by atoms with Crippen molar-refractivity contribution in [3.05, 3.63) is 0 Å². The van der Waals surface area contributed by atoms with Crippen LogP contribution >= 0.6 is 34.8 Å². The van der Waals surface area contributed by atoms with Crippen molar-refractivity contribution >= 4 is 47.1 Å². The molecule has 0 unspecified atom stereocenters. The lowest BCUT2D eigenvalue weighted by atomic mass is 10.9. The zero-order chi connectivity index (χ0) is 8.78. The second-order valence-corrected chi connectivity index (χ2v) is 3.55. The molecule has 0 fully saturated rings. The van der Waals surface area contributed by atoms with E-state index in [9.17, 15) is 4.79 Å². The van der Waals surface area contributed by atoms with E-state index in [1.165, 1.54) is 0 Å². The van der Waals surface area contributed by atoms with E-state index in [1.54, 1.807) is 0 Å². The van der Waals surface area contributed by atoms with E-state index in [0.29, 0.717) is 0 Å². The highest BCUT2D eigenvalue weighted by Gasteiger charge is 2.16. The van der Waals surface area contributed by atoms with Gasteiger partial charge in [0.15, 0.2) is 6.29 Å². The third kappa shape index (κ3) is 43.4. The quantitative estimate of drug-likeness (QED) is 0.485. The molecule has 10 heavy (non-hydrogen) atoms. The SMILES string of the molecule is CC(=O)O.O=CC(Cl)(Cl)Cl. The number of carbonyl (C=O) groups is 2. The minimum absolute atomic E-state index is 0.234. The Bertz CT molecular complexity index is 113. The van der Waals surface area contributed by atoms with E-state index in [0.717, 1.165) is 6.92 Å². The highest BCUT2D eigenvalue weighted by atomic mass is 35.6. The summed E-state index contributed by atoms with van der Waals surface area (Å²) in [5.74, 6) is -0.833. The van der Waals surface area contributed by atoms with Gasteiger partial charge in [-0.1, -0.05) is 34.8 Å².